The Morgan fingerprint density at radius 3 is 2.58 bits per heavy atom. The van der Waals surface area contributed by atoms with Crippen molar-refractivity contribution in [2.24, 2.45) is 0 Å². The van der Waals surface area contributed by atoms with Gasteiger partial charge in [0.2, 0.25) is 0 Å². The average molecular weight is 257 g/mol. The number of aromatic nitrogens is 1. The first kappa shape index (κ1) is 14.5. The van der Waals surface area contributed by atoms with Crippen LogP contribution >= 0.6 is 0 Å². The molecule has 6 nitrogen and oxygen atoms in total. The van der Waals surface area contributed by atoms with Gasteiger partial charge in [0, 0.05) is 18.4 Å². The fraction of sp³-hybridized carbons (Fsp3) is 0.385. The lowest BCUT2D eigenvalue weighted by atomic mass is 10.1. The zero-order valence-electron chi connectivity index (χ0n) is 11.0. The molecule has 1 aromatic heterocycles. The summed E-state index contributed by atoms with van der Waals surface area (Å²) in [5.41, 5.74) is 1.83. The number of nitriles is 2. The SMILES string of the molecule is CCNc1cc(C)ncc1C(=O)N(CC#N)CC#N. The van der Waals surface area contributed by atoms with E-state index in [4.69, 9.17) is 10.5 Å². The molecule has 0 spiro atoms. The Morgan fingerprint density at radius 1 is 1.42 bits per heavy atom. The largest absolute Gasteiger partial charge is 0.385 e. The molecule has 0 fully saturated rings. The molecule has 0 saturated carbocycles. The number of rotatable bonds is 5. The van der Waals surface area contributed by atoms with Crippen molar-refractivity contribution in [3.05, 3.63) is 23.5 Å². The van der Waals surface area contributed by atoms with Crippen LogP contribution in [-0.2, 0) is 0 Å². The van der Waals surface area contributed by atoms with Gasteiger partial charge in [-0.3, -0.25) is 9.78 Å². The average Bonchev–Trinajstić information content (AvgIpc) is 2.38. The van der Waals surface area contributed by atoms with E-state index in [-0.39, 0.29) is 19.0 Å². The predicted octanol–water partition coefficient (Wildman–Crippen LogP) is 1.31. The summed E-state index contributed by atoms with van der Waals surface area (Å²) in [6.07, 6.45) is 1.47. The van der Waals surface area contributed by atoms with Crippen LogP contribution in [0.25, 0.3) is 0 Å². The van der Waals surface area contributed by atoms with Crippen molar-refractivity contribution in [3.8, 4) is 12.1 Å². The van der Waals surface area contributed by atoms with Gasteiger partial charge in [0.25, 0.3) is 5.91 Å². The Hall–Kier alpha value is -2.60. The van der Waals surface area contributed by atoms with Crippen LogP contribution < -0.4 is 5.32 Å². The van der Waals surface area contributed by atoms with Crippen LogP contribution in [0.15, 0.2) is 12.3 Å². The van der Waals surface area contributed by atoms with Crippen molar-refractivity contribution in [1.82, 2.24) is 9.88 Å². The normalized spacial score (nSPS) is 9.26. The lowest BCUT2D eigenvalue weighted by molar-refractivity contribution is 0.0795. The fourth-order valence-corrected chi connectivity index (χ4v) is 1.61. The van der Waals surface area contributed by atoms with E-state index in [0.29, 0.717) is 17.8 Å². The summed E-state index contributed by atoms with van der Waals surface area (Å²) in [6, 6.07) is 5.53. The first-order valence-corrected chi connectivity index (χ1v) is 5.87. The molecule has 19 heavy (non-hydrogen) atoms. The molecule has 1 aromatic rings. The third kappa shape index (κ3) is 3.68. The second kappa shape index (κ2) is 6.97. The second-order valence-corrected chi connectivity index (χ2v) is 3.88. The minimum atomic E-state index is -0.369. The summed E-state index contributed by atoms with van der Waals surface area (Å²) >= 11 is 0. The molecule has 0 aliphatic heterocycles. The van der Waals surface area contributed by atoms with Crippen molar-refractivity contribution in [2.75, 3.05) is 25.0 Å². The van der Waals surface area contributed by atoms with Gasteiger partial charge in [-0.05, 0) is 19.9 Å². The summed E-state index contributed by atoms with van der Waals surface area (Å²) in [6.45, 7) is 4.18. The standard InChI is InChI=1S/C13H15N5O/c1-3-16-12-8-10(2)17-9-11(12)13(19)18(6-4-14)7-5-15/h8-9H,3,6-7H2,1-2H3,(H,16,17). The Kier molecular flexibility index (Phi) is 5.31. The monoisotopic (exact) mass is 257 g/mol. The van der Waals surface area contributed by atoms with Gasteiger partial charge in [-0.25, -0.2) is 0 Å². The van der Waals surface area contributed by atoms with E-state index in [9.17, 15) is 4.79 Å². The Balaban J connectivity index is 3.10. The molecule has 6 heteroatoms. The van der Waals surface area contributed by atoms with Crippen molar-refractivity contribution in [3.63, 3.8) is 0 Å². The highest BCUT2D eigenvalue weighted by atomic mass is 16.2. The molecule has 0 saturated heterocycles. The summed E-state index contributed by atoms with van der Waals surface area (Å²) in [5.74, 6) is -0.369. The zero-order chi connectivity index (χ0) is 14.3. The number of carbonyl (C=O) groups is 1. The molecule has 0 aliphatic rings. The van der Waals surface area contributed by atoms with E-state index in [0.717, 1.165) is 5.69 Å². The summed E-state index contributed by atoms with van der Waals surface area (Å²) in [5, 5.41) is 20.5. The number of carbonyl (C=O) groups excluding carboxylic acids is 1. The molecular weight excluding hydrogens is 242 g/mol. The predicted molar refractivity (Wildman–Crippen MR) is 70.3 cm³/mol. The number of pyridine rings is 1. The molecule has 1 heterocycles. The van der Waals surface area contributed by atoms with Crippen LogP contribution in [0.3, 0.4) is 0 Å². The maximum atomic E-state index is 12.3. The van der Waals surface area contributed by atoms with Gasteiger partial charge in [-0.1, -0.05) is 0 Å². The smallest absolute Gasteiger partial charge is 0.259 e. The van der Waals surface area contributed by atoms with Gasteiger partial charge in [0.1, 0.15) is 13.1 Å². The summed E-state index contributed by atoms with van der Waals surface area (Å²) in [4.78, 5) is 17.6. The van der Waals surface area contributed by atoms with E-state index >= 15 is 0 Å². The number of anilines is 1. The third-order valence-electron chi connectivity index (χ3n) is 2.45. The zero-order valence-corrected chi connectivity index (χ0v) is 11.0. The van der Waals surface area contributed by atoms with Crippen molar-refractivity contribution >= 4 is 11.6 Å². The maximum absolute atomic E-state index is 12.3. The number of hydrogen-bond donors (Lipinski definition) is 1. The Labute approximate surface area is 112 Å². The highest BCUT2D eigenvalue weighted by Gasteiger charge is 2.19. The molecule has 0 bridgehead atoms. The van der Waals surface area contributed by atoms with E-state index < -0.39 is 0 Å². The van der Waals surface area contributed by atoms with Gasteiger partial charge in [-0.15, -0.1) is 0 Å². The highest BCUT2D eigenvalue weighted by molar-refractivity contribution is 5.99. The maximum Gasteiger partial charge on any atom is 0.259 e. The molecular formula is C13H15N5O. The Morgan fingerprint density at radius 2 is 2.05 bits per heavy atom. The lowest BCUT2D eigenvalue weighted by Gasteiger charge is -2.18. The van der Waals surface area contributed by atoms with Crippen molar-refractivity contribution in [2.45, 2.75) is 13.8 Å². The van der Waals surface area contributed by atoms with Gasteiger partial charge < -0.3 is 10.2 Å². The van der Waals surface area contributed by atoms with Crippen LogP contribution in [0.1, 0.15) is 23.0 Å². The van der Waals surface area contributed by atoms with Crippen molar-refractivity contribution < 1.29 is 4.79 Å². The van der Waals surface area contributed by atoms with E-state index in [1.54, 1.807) is 6.07 Å². The number of nitrogens with zero attached hydrogens (tertiary/aromatic N) is 4. The number of nitrogens with one attached hydrogen (secondary N) is 1. The van der Waals surface area contributed by atoms with E-state index in [2.05, 4.69) is 10.3 Å². The molecule has 0 atom stereocenters. The van der Waals surface area contributed by atoms with Gasteiger partial charge >= 0.3 is 0 Å². The highest BCUT2D eigenvalue weighted by Crippen LogP contribution is 2.17. The van der Waals surface area contributed by atoms with Gasteiger partial charge in [-0.2, -0.15) is 10.5 Å². The first-order chi connectivity index (χ1) is 9.13. The summed E-state index contributed by atoms with van der Waals surface area (Å²) in [7, 11) is 0. The molecule has 1 amide bonds. The lowest BCUT2D eigenvalue weighted by Crippen LogP contribution is -2.32. The molecule has 1 N–H and O–H groups in total. The van der Waals surface area contributed by atoms with Crippen LogP contribution in [0.4, 0.5) is 5.69 Å². The Bertz CT molecular complexity index is 525. The minimum Gasteiger partial charge on any atom is -0.385 e. The summed E-state index contributed by atoms with van der Waals surface area (Å²) < 4.78 is 0. The molecule has 0 unspecified atom stereocenters. The number of amides is 1. The topological polar surface area (TPSA) is 92.8 Å². The fourth-order valence-electron chi connectivity index (χ4n) is 1.61. The number of aryl methyl sites for hydroxylation is 1. The van der Waals surface area contributed by atoms with Crippen LogP contribution in [-0.4, -0.2) is 35.4 Å². The molecule has 1 rings (SSSR count). The quantitative estimate of drug-likeness (QED) is 0.803. The van der Waals surface area contributed by atoms with E-state index in [1.807, 2.05) is 26.0 Å². The second-order valence-electron chi connectivity index (χ2n) is 3.88. The first-order valence-electron chi connectivity index (χ1n) is 5.87. The van der Waals surface area contributed by atoms with Gasteiger partial charge in [0.05, 0.1) is 23.4 Å². The van der Waals surface area contributed by atoms with Crippen LogP contribution in [0.2, 0.25) is 0 Å². The van der Waals surface area contributed by atoms with Crippen LogP contribution in [0, 0.1) is 29.6 Å². The minimum absolute atomic E-state index is 0.119. The van der Waals surface area contributed by atoms with Crippen LogP contribution in [0.5, 0.6) is 0 Å². The molecule has 0 aliphatic carbocycles. The third-order valence-corrected chi connectivity index (χ3v) is 2.45. The molecule has 0 radical (unpaired) electrons. The van der Waals surface area contributed by atoms with Crippen molar-refractivity contribution in [1.29, 1.82) is 10.5 Å². The van der Waals surface area contributed by atoms with Gasteiger partial charge in [0.15, 0.2) is 0 Å². The molecule has 98 valence electrons. The number of hydrogen-bond acceptors (Lipinski definition) is 5. The van der Waals surface area contributed by atoms with E-state index in [1.165, 1.54) is 11.1 Å². The molecule has 0 aromatic carbocycles.